The smallest absolute Gasteiger partial charge is 0.251 e. The number of ether oxygens (including phenoxy) is 1. The Balaban J connectivity index is 1.38. The first-order valence-electron chi connectivity index (χ1n) is 12.0. The maximum absolute atomic E-state index is 12.7. The number of rotatable bonds is 8. The molecule has 36 heavy (non-hydrogen) atoms. The van der Waals surface area contributed by atoms with Gasteiger partial charge < -0.3 is 15.0 Å². The molecule has 4 rings (SSSR count). The highest BCUT2D eigenvalue weighted by Gasteiger charge is 2.20. The largest absolute Gasteiger partial charge is 0.378 e. The summed E-state index contributed by atoms with van der Waals surface area (Å²) in [7, 11) is -3.49. The third kappa shape index (κ3) is 6.44. The molecule has 3 aromatic carbocycles. The van der Waals surface area contributed by atoms with Crippen molar-refractivity contribution in [3.05, 3.63) is 94.5 Å². The van der Waals surface area contributed by atoms with Gasteiger partial charge in [-0.1, -0.05) is 36.4 Å². The second-order valence-corrected chi connectivity index (χ2v) is 11.1. The zero-order chi connectivity index (χ0) is 25.7. The van der Waals surface area contributed by atoms with Crippen LogP contribution in [-0.2, 0) is 27.8 Å². The number of amides is 1. The molecule has 0 spiro atoms. The lowest BCUT2D eigenvalue weighted by Gasteiger charge is -2.28. The van der Waals surface area contributed by atoms with E-state index in [2.05, 4.69) is 22.3 Å². The molecule has 1 heterocycles. The Morgan fingerprint density at radius 1 is 0.944 bits per heavy atom. The van der Waals surface area contributed by atoms with Gasteiger partial charge in [0.05, 0.1) is 31.7 Å². The molecule has 190 valence electrons. The summed E-state index contributed by atoms with van der Waals surface area (Å²) in [6.07, 6.45) is 1.21. The third-order valence-electron chi connectivity index (χ3n) is 6.34. The summed E-state index contributed by atoms with van der Waals surface area (Å²) in [4.78, 5) is 15.0. The van der Waals surface area contributed by atoms with Crippen molar-refractivity contribution >= 4 is 27.3 Å². The number of aryl methyl sites for hydroxylation is 2. The number of nitrogens with zero attached hydrogens (tertiary/aromatic N) is 2. The average Bonchev–Trinajstić information content (AvgIpc) is 2.88. The number of hydrogen-bond donors (Lipinski definition) is 1. The van der Waals surface area contributed by atoms with Crippen molar-refractivity contribution in [1.29, 1.82) is 0 Å². The summed E-state index contributed by atoms with van der Waals surface area (Å²) in [5.41, 5.74) is 6.06. The van der Waals surface area contributed by atoms with Crippen molar-refractivity contribution in [3.63, 3.8) is 0 Å². The molecule has 1 fully saturated rings. The molecule has 0 aromatic heterocycles. The van der Waals surface area contributed by atoms with E-state index in [1.165, 1.54) is 10.6 Å². The van der Waals surface area contributed by atoms with Crippen molar-refractivity contribution in [2.75, 3.05) is 41.8 Å². The van der Waals surface area contributed by atoms with Crippen LogP contribution in [0.1, 0.15) is 32.6 Å². The lowest BCUT2D eigenvalue weighted by atomic mass is 10.1. The standard InChI is InChI=1S/C28H33N3O4S/c1-21-4-5-22(2)27(18-21)31(36(3,33)34)20-24-6-10-25(11-7-24)28(32)29-19-23-8-12-26(13-9-23)30-14-16-35-17-15-30/h4-13,18H,14-17,19-20H2,1-3H3,(H,29,32). The predicted molar refractivity (Wildman–Crippen MR) is 144 cm³/mol. The molecule has 1 saturated heterocycles. The van der Waals surface area contributed by atoms with Crippen LogP contribution in [0.15, 0.2) is 66.7 Å². The third-order valence-corrected chi connectivity index (χ3v) is 7.47. The highest BCUT2D eigenvalue weighted by atomic mass is 32.2. The van der Waals surface area contributed by atoms with E-state index in [1.54, 1.807) is 24.3 Å². The summed E-state index contributed by atoms with van der Waals surface area (Å²) in [5.74, 6) is -0.173. The van der Waals surface area contributed by atoms with Gasteiger partial charge in [0.15, 0.2) is 0 Å². The number of nitrogens with one attached hydrogen (secondary N) is 1. The molecule has 7 nitrogen and oxygen atoms in total. The molecule has 1 amide bonds. The quantitative estimate of drug-likeness (QED) is 0.498. The first kappa shape index (κ1) is 25.7. The topological polar surface area (TPSA) is 79.0 Å². The zero-order valence-corrected chi connectivity index (χ0v) is 21.8. The van der Waals surface area contributed by atoms with E-state index in [1.807, 2.05) is 44.2 Å². The highest BCUT2D eigenvalue weighted by molar-refractivity contribution is 7.92. The molecule has 1 aliphatic heterocycles. The number of anilines is 2. The van der Waals surface area contributed by atoms with Crippen LogP contribution in [0, 0.1) is 13.8 Å². The molecular weight excluding hydrogens is 474 g/mol. The molecule has 8 heteroatoms. The van der Waals surface area contributed by atoms with Crippen LogP contribution in [0.2, 0.25) is 0 Å². The van der Waals surface area contributed by atoms with Crippen molar-refractivity contribution in [2.45, 2.75) is 26.9 Å². The molecule has 3 aromatic rings. The van der Waals surface area contributed by atoms with Gasteiger partial charge in [0.1, 0.15) is 0 Å². The summed E-state index contributed by atoms with van der Waals surface area (Å²) >= 11 is 0. The summed E-state index contributed by atoms with van der Waals surface area (Å²) in [6, 6.07) is 21.0. The molecule has 1 N–H and O–H groups in total. The minimum atomic E-state index is -3.49. The number of carbonyl (C=O) groups excluding carboxylic acids is 1. The molecule has 0 aliphatic carbocycles. The Hall–Kier alpha value is -3.36. The Kier molecular flexibility index (Phi) is 7.96. The van der Waals surface area contributed by atoms with E-state index in [4.69, 9.17) is 4.74 Å². The molecule has 0 atom stereocenters. The van der Waals surface area contributed by atoms with E-state index in [0.29, 0.717) is 17.8 Å². The number of sulfonamides is 1. The van der Waals surface area contributed by atoms with E-state index >= 15 is 0 Å². The number of hydrogen-bond acceptors (Lipinski definition) is 5. The van der Waals surface area contributed by atoms with E-state index in [-0.39, 0.29) is 12.5 Å². The average molecular weight is 508 g/mol. The van der Waals surface area contributed by atoms with Gasteiger partial charge in [-0.3, -0.25) is 9.10 Å². The van der Waals surface area contributed by atoms with Crippen LogP contribution >= 0.6 is 0 Å². The van der Waals surface area contributed by atoms with Crippen LogP contribution in [0.25, 0.3) is 0 Å². The molecule has 0 radical (unpaired) electrons. The highest BCUT2D eigenvalue weighted by Crippen LogP contribution is 2.26. The Morgan fingerprint density at radius 2 is 1.58 bits per heavy atom. The van der Waals surface area contributed by atoms with Crippen LogP contribution < -0.4 is 14.5 Å². The van der Waals surface area contributed by atoms with Gasteiger partial charge in [0, 0.05) is 30.9 Å². The SMILES string of the molecule is Cc1ccc(C)c(N(Cc2ccc(C(=O)NCc3ccc(N4CCOCC4)cc3)cc2)S(C)(=O)=O)c1. The Bertz CT molecular complexity index is 1300. The Labute approximate surface area is 213 Å². The fraction of sp³-hybridized carbons (Fsp3) is 0.321. The minimum Gasteiger partial charge on any atom is -0.378 e. The zero-order valence-electron chi connectivity index (χ0n) is 21.0. The summed E-state index contributed by atoms with van der Waals surface area (Å²) < 4.78 is 31.9. The molecule has 0 bridgehead atoms. The lowest BCUT2D eigenvalue weighted by molar-refractivity contribution is 0.0951. The minimum absolute atomic E-state index is 0.173. The van der Waals surface area contributed by atoms with Crippen molar-refractivity contribution in [3.8, 4) is 0 Å². The monoisotopic (exact) mass is 507 g/mol. The van der Waals surface area contributed by atoms with Gasteiger partial charge >= 0.3 is 0 Å². The van der Waals surface area contributed by atoms with Gasteiger partial charge in [0.2, 0.25) is 10.0 Å². The number of carbonyl (C=O) groups is 1. The van der Waals surface area contributed by atoms with Crippen LogP contribution in [0.3, 0.4) is 0 Å². The van der Waals surface area contributed by atoms with Crippen LogP contribution in [-0.4, -0.2) is 46.9 Å². The molecule has 0 unspecified atom stereocenters. The lowest BCUT2D eigenvalue weighted by Crippen LogP contribution is -2.36. The van der Waals surface area contributed by atoms with E-state index in [9.17, 15) is 13.2 Å². The van der Waals surface area contributed by atoms with E-state index < -0.39 is 10.0 Å². The number of morpholine rings is 1. The van der Waals surface area contributed by atoms with Gasteiger partial charge in [-0.15, -0.1) is 0 Å². The first-order chi connectivity index (χ1) is 17.2. The van der Waals surface area contributed by atoms with Gasteiger partial charge in [-0.2, -0.15) is 0 Å². The normalized spacial score (nSPS) is 13.9. The van der Waals surface area contributed by atoms with Gasteiger partial charge in [-0.25, -0.2) is 8.42 Å². The van der Waals surface area contributed by atoms with Crippen LogP contribution in [0.5, 0.6) is 0 Å². The van der Waals surface area contributed by atoms with Gasteiger partial charge in [0.25, 0.3) is 5.91 Å². The second kappa shape index (κ2) is 11.1. The van der Waals surface area contributed by atoms with Gasteiger partial charge in [-0.05, 0) is 66.4 Å². The predicted octanol–water partition coefficient (Wildman–Crippen LogP) is 4.04. The van der Waals surface area contributed by atoms with Crippen molar-refractivity contribution < 1.29 is 17.9 Å². The van der Waals surface area contributed by atoms with Crippen molar-refractivity contribution in [2.24, 2.45) is 0 Å². The summed E-state index contributed by atoms with van der Waals surface area (Å²) in [5, 5.41) is 2.96. The fourth-order valence-corrected chi connectivity index (χ4v) is 5.16. The maximum Gasteiger partial charge on any atom is 0.251 e. The number of benzene rings is 3. The molecular formula is C28H33N3O4S. The summed E-state index contributed by atoms with van der Waals surface area (Å²) in [6.45, 7) is 7.73. The van der Waals surface area contributed by atoms with E-state index in [0.717, 1.165) is 54.2 Å². The Morgan fingerprint density at radius 3 is 2.22 bits per heavy atom. The second-order valence-electron chi connectivity index (χ2n) is 9.21. The van der Waals surface area contributed by atoms with Crippen LogP contribution in [0.4, 0.5) is 11.4 Å². The van der Waals surface area contributed by atoms with Crippen molar-refractivity contribution in [1.82, 2.24) is 5.32 Å². The molecule has 0 saturated carbocycles. The first-order valence-corrected chi connectivity index (χ1v) is 13.9. The fourth-order valence-electron chi connectivity index (χ4n) is 4.23. The molecule has 1 aliphatic rings. The maximum atomic E-state index is 12.7.